The molecule has 0 saturated heterocycles. The third kappa shape index (κ3) is 3.99. The molecule has 0 saturated carbocycles. The number of hydrogen-bond acceptors (Lipinski definition) is 6. The van der Waals surface area contributed by atoms with Gasteiger partial charge in [-0.2, -0.15) is 4.98 Å². The Morgan fingerprint density at radius 1 is 1.59 bits per heavy atom. The van der Waals surface area contributed by atoms with Crippen LogP contribution >= 0.6 is 0 Å². The number of carbonyl (C=O) groups is 1. The molecule has 6 nitrogen and oxygen atoms in total. The van der Waals surface area contributed by atoms with E-state index in [0.29, 0.717) is 12.4 Å². The highest BCUT2D eigenvalue weighted by Gasteiger charge is 2.21. The van der Waals surface area contributed by atoms with Crippen molar-refractivity contribution in [3.8, 4) is 0 Å². The summed E-state index contributed by atoms with van der Waals surface area (Å²) in [4.78, 5) is 15.5. The fourth-order valence-electron chi connectivity index (χ4n) is 1.08. The van der Waals surface area contributed by atoms with E-state index in [1.807, 2.05) is 0 Å². The quantitative estimate of drug-likeness (QED) is 0.555. The second-order valence-corrected chi connectivity index (χ2v) is 3.52. The van der Waals surface area contributed by atoms with Crippen LogP contribution in [0.5, 0.6) is 0 Å². The van der Waals surface area contributed by atoms with E-state index < -0.39 is 18.2 Å². The highest BCUT2D eigenvalue weighted by molar-refractivity contribution is 5.74. The molecule has 0 aliphatic carbocycles. The van der Waals surface area contributed by atoms with Gasteiger partial charge in [-0.25, -0.2) is 4.79 Å². The Kier molecular flexibility index (Phi) is 4.84. The van der Waals surface area contributed by atoms with Gasteiger partial charge in [0, 0.05) is 0 Å². The lowest BCUT2D eigenvalue weighted by atomic mass is 10.3. The molecule has 1 heterocycles. The summed E-state index contributed by atoms with van der Waals surface area (Å²) < 4.78 is 15.1. The largest absolute Gasteiger partial charge is 0.451 e. The highest BCUT2D eigenvalue weighted by atomic mass is 16.6. The molecule has 2 unspecified atom stereocenters. The Balaban J connectivity index is 2.47. The van der Waals surface area contributed by atoms with Crippen LogP contribution < -0.4 is 0 Å². The summed E-state index contributed by atoms with van der Waals surface area (Å²) in [7, 11) is 0. The van der Waals surface area contributed by atoms with Crippen LogP contribution in [0.2, 0.25) is 0 Å². The predicted molar refractivity (Wildman–Crippen MR) is 59.2 cm³/mol. The van der Waals surface area contributed by atoms with Crippen LogP contribution in [0, 0.1) is 6.92 Å². The number of rotatable bonds is 6. The number of carbonyl (C=O) groups excluding carboxylic acids is 1. The molecule has 0 radical (unpaired) electrons. The van der Waals surface area contributed by atoms with Crippen molar-refractivity contribution in [2.24, 2.45) is 0 Å². The summed E-state index contributed by atoms with van der Waals surface area (Å²) in [5.74, 6) is 0.292. The second kappa shape index (κ2) is 6.15. The van der Waals surface area contributed by atoms with E-state index in [9.17, 15) is 4.79 Å². The van der Waals surface area contributed by atoms with Crippen LogP contribution in [0.1, 0.15) is 31.7 Å². The number of esters is 1. The molecular weight excluding hydrogens is 224 g/mol. The van der Waals surface area contributed by atoms with Gasteiger partial charge >= 0.3 is 5.97 Å². The normalized spacial score (nSPS) is 14.1. The van der Waals surface area contributed by atoms with Gasteiger partial charge in [-0.05, 0) is 20.8 Å². The van der Waals surface area contributed by atoms with E-state index in [0.717, 1.165) is 0 Å². The Hall–Kier alpha value is -1.69. The zero-order chi connectivity index (χ0) is 12.8. The Morgan fingerprint density at radius 2 is 2.29 bits per heavy atom. The topological polar surface area (TPSA) is 74.5 Å². The molecule has 0 aliphatic heterocycles. The highest BCUT2D eigenvalue weighted by Crippen LogP contribution is 2.15. The van der Waals surface area contributed by atoms with E-state index in [1.54, 1.807) is 26.8 Å². The summed E-state index contributed by atoms with van der Waals surface area (Å²) >= 11 is 0. The first-order valence-electron chi connectivity index (χ1n) is 5.27. The molecule has 0 spiro atoms. The standard InChI is InChI=1S/C11H16N2O4/c1-5-6-15-8(3)11(14)16-7(2)10-12-9(4)13-17-10/h5,7-8H,1,6H2,2-4H3. The van der Waals surface area contributed by atoms with Crippen LogP contribution in [0.15, 0.2) is 17.2 Å². The molecule has 0 N–H and O–H groups in total. The lowest BCUT2D eigenvalue weighted by molar-refractivity contribution is -0.161. The van der Waals surface area contributed by atoms with Crippen molar-refractivity contribution < 1.29 is 18.8 Å². The average Bonchev–Trinajstić information content (AvgIpc) is 2.72. The molecule has 0 amide bonds. The lowest BCUT2D eigenvalue weighted by Gasteiger charge is -2.14. The van der Waals surface area contributed by atoms with Gasteiger partial charge in [-0.1, -0.05) is 11.2 Å². The molecule has 0 aromatic carbocycles. The summed E-state index contributed by atoms with van der Waals surface area (Å²) in [6.07, 6.45) is 0.326. The van der Waals surface area contributed by atoms with Crippen molar-refractivity contribution in [3.63, 3.8) is 0 Å². The molecule has 2 atom stereocenters. The maximum atomic E-state index is 11.6. The second-order valence-electron chi connectivity index (χ2n) is 3.52. The van der Waals surface area contributed by atoms with Crippen molar-refractivity contribution >= 4 is 5.97 Å². The van der Waals surface area contributed by atoms with E-state index in [2.05, 4.69) is 16.7 Å². The maximum absolute atomic E-state index is 11.6. The van der Waals surface area contributed by atoms with Crippen LogP contribution in [0.3, 0.4) is 0 Å². The van der Waals surface area contributed by atoms with Crippen molar-refractivity contribution in [1.29, 1.82) is 0 Å². The smallest absolute Gasteiger partial charge is 0.335 e. The summed E-state index contributed by atoms with van der Waals surface area (Å²) in [5.41, 5.74) is 0. The van der Waals surface area contributed by atoms with Gasteiger partial charge < -0.3 is 14.0 Å². The predicted octanol–water partition coefficient (Wildman–Crippen LogP) is 1.57. The molecule has 1 aromatic heterocycles. The summed E-state index contributed by atoms with van der Waals surface area (Å²) in [6.45, 7) is 8.75. The van der Waals surface area contributed by atoms with Crippen LogP contribution in [0.4, 0.5) is 0 Å². The van der Waals surface area contributed by atoms with Gasteiger partial charge in [0.1, 0.15) is 0 Å². The minimum atomic E-state index is -0.653. The minimum Gasteiger partial charge on any atom is -0.451 e. The van der Waals surface area contributed by atoms with Crippen LogP contribution in [0.25, 0.3) is 0 Å². The van der Waals surface area contributed by atoms with Crippen molar-refractivity contribution in [1.82, 2.24) is 10.1 Å². The average molecular weight is 240 g/mol. The van der Waals surface area contributed by atoms with E-state index in [1.165, 1.54) is 0 Å². The Morgan fingerprint density at radius 3 is 2.82 bits per heavy atom. The first kappa shape index (κ1) is 13.4. The molecule has 17 heavy (non-hydrogen) atoms. The maximum Gasteiger partial charge on any atom is 0.335 e. The molecule has 0 bridgehead atoms. The number of aryl methyl sites for hydroxylation is 1. The molecule has 0 fully saturated rings. The molecular formula is C11H16N2O4. The van der Waals surface area contributed by atoms with Gasteiger partial charge in [-0.15, -0.1) is 6.58 Å². The third-order valence-electron chi connectivity index (χ3n) is 1.98. The molecule has 1 rings (SSSR count). The van der Waals surface area contributed by atoms with Gasteiger partial charge in [-0.3, -0.25) is 0 Å². The molecule has 94 valence electrons. The van der Waals surface area contributed by atoms with Crippen molar-refractivity contribution in [2.45, 2.75) is 33.0 Å². The molecule has 1 aromatic rings. The van der Waals surface area contributed by atoms with E-state index >= 15 is 0 Å². The number of aromatic nitrogens is 2. The fourth-order valence-corrected chi connectivity index (χ4v) is 1.08. The summed E-state index contributed by atoms with van der Waals surface area (Å²) in [6, 6.07) is 0. The first-order chi connectivity index (χ1) is 8.04. The van der Waals surface area contributed by atoms with E-state index in [4.69, 9.17) is 14.0 Å². The fraction of sp³-hybridized carbons (Fsp3) is 0.545. The number of nitrogens with zero attached hydrogens (tertiary/aromatic N) is 2. The number of hydrogen-bond donors (Lipinski definition) is 0. The SMILES string of the molecule is C=CCOC(C)C(=O)OC(C)c1nc(C)no1. The van der Waals surface area contributed by atoms with Gasteiger partial charge in [0.15, 0.2) is 18.0 Å². The Labute approximate surface area is 99.6 Å². The minimum absolute atomic E-state index is 0.270. The molecule has 0 aliphatic rings. The third-order valence-corrected chi connectivity index (χ3v) is 1.98. The van der Waals surface area contributed by atoms with Crippen LogP contribution in [-0.2, 0) is 14.3 Å². The number of ether oxygens (including phenoxy) is 2. The van der Waals surface area contributed by atoms with E-state index in [-0.39, 0.29) is 5.89 Å². The van der Waals surface area contributed by atoms with Gasteiger partial charge in [0.25, 0.3) is 5.89 Å². The summed E-state index contributed by atoms with van der Waals surface area (Å²) in [5, 5.41) is 3.62. The van der Waals surface area contributed by atoms with Crippen LogP contribution in [-0.4, -0.2) is 28.8 Å². The van der Waals surface area contributed by atoms with Gasteiger partial charge in [0.05, 0.1) is 6.61 Å². The Bertz CT molecular complexity index is 389. The van der Waals surface area contributed by atoms with Crippen molar-refractivity contribution in [3.05, 3.63) is 24.4 Å². The monoisotopic (exact) mass is 240 g/mol. The van der Waals surface area contributed by atoms with Gasteiger partial charge in [0.2, 0.25) is 0 Å². The molecule has 6 heteroatoms. The first-order valence-corrected chi connectivity index (χ1v) is 5.27. The van der Waals surface area contributed by atoms with Crippen molar-refractivity contribution in [2.75, 3.05) is 6.61 Å². The lowest BCUT2D eigenvalue weighted by Crippen LogP contribution is -2.24. The zero-order valence-electron chi connectivity index (χ0n) is 10.2. The zero-order valence-corrected chi connectivity index (χ0v) is 10.2.